The predicted octanol–water partition coefficient (Wildman–Crippen LogP) is 6.62. The van der Waals surface area contributed by atoms with Crippen molar-refractivity contribution >= 4 is 11.7 Å². The number of unbranched alkanes of at least 4 members (excludes halogenated alkanes) is 6. The SMILES string of the molecule is CCCCCCCCCC(=O)/C=C(/C)NC(=O)C(Cc1ccccc1)C(C)CC. The van der Waals surface area contributed by atoms with Gasteiger partial charge in [0, 0.05) is 24.1 Å². The number of nitrogens with one attached hydrogen (secondary N) is 1. The van der Waals surface area contributed by atoms with Gasteiger partial charge in [-0.2, -0.15) is 0 Å². The molecule has 0 aliphatic rings. The Morgan fingerprint density at radius 3 is 2.21 bits per heavy atom. The monoisotopic (exact) mass is 399 g/mol. The molecule has 0 aliphatic carbocycles. The summed E-state index contributed by atoms with van der Waals surface area (Å²) in [6, 6.07) is 10.1. The third-order valence-corrected chi connectivity index (χ3v) is 5.69. The quantitative estimate of drug-likeness (QED) is 0.266. The van der Waals surface area contributed by atoms with Crippen molar-refractivity contribution in [2.75, 3.05) is 0 Å². The normalized spacial score (nSPS) is 13.7. The van der Waals surface area contributed by atoms with Crippen LogP contribution in [0.4, 0.5) is 0 Å². The summed E-state index contributed by atoms with van der Waals surface area (Å²) in [6.07, 6.45) is 12.2. The topological polar surface area (TPSA) is 46.2 Å². The van der Waals surface area contributed by atoms with Crippen LogP contribution in [-0.4, -0.2) is 11.7 Å². The van der Waals surface area contributed by atoms with Gasteiger partial charge in [0.1, 0.15) is 0 Å². The van der Waals surface area contributed by atoms with Gasteiger partial charge in [-0.1, -0.05) is 96.0 Å². The van der Waals surface area contributed by atoms with E-state index in [1.807, 2.05) is 25.1 Å². The molecule has 2 atom stereocenters. The van der Waals surface area contributed by atoms with Crippen molar-refractivity contribution in [3.05, 3.63) is 47.7 Å². The number of carbonyl (C=O) groups excluding carboxylic acids is 2. The number of ketones is 1. The minimum absolute atomic E-state index is 0.0145. The molecular formula is C26H41NO2. The fourth-order valence-corrected chi connectivity index (χ4v) is 3.60. The van der Waals surface area contributed by atoms with Crippen LogP contribution in [0.2, 0.25) is 0 Å². The molecule has 0 aliphatic heterocycles. The Balaban J connectivity index is 2.48. The van der Waals surface area contributed by atoms with E-state index in [9.17, 15) is 9.59 Å². The third-order valence-electron chi connectivity index (χ3n) is 5.69. The van der Waals surface area contributed by atoms with E-state index in [0.29, 0.717) is 12.1 Å². The zero-order chi connectivity index (χ0) is 21.5. The fourth-order valence-electron chi connectivity index (χ4n) is 3.60. The zero-order valence-electron chi connectivity index (χ0n) is 19.0. The molecule has 0 aromatic heterocycles. The maximum atomic E-state index is 12.9. The molecule has 0 saturated carbocycles. The molecule has 0 bridgehead atoms. The Kier molecular flexibility index (Phi) is 13.0. The minimum atomic E-state index is -0.0935. The van der Waals surface area contributed by atoms with Crippen molar-refractivity contribution in [2.45, 2.75) is 91.9 Å². The second-order valence-electron chi connectivity index (χ2n) is 8.34. The number of rotatable bonds is 15. The molecule has 0 saturated heterocycles. The summed E-state index contributed by atoms with van der Waals surface area (Å²) in [4.78, 5) is 25.1. The van der Waals surface area contributed by atoms with Crippen LogP contribution in [0.5, 0.6) is 0 Å². The number of benzene rings is 1. The molecule has 162 valence electrons. The molecule has 2 unspecified atom stereocenters. The summed E-state index contributed by atoms with van der Waals surface area (Å²) in [6.45, 7) is 8.28. The molecule has 1 aromatic carbocycles. The van der Waals surface area contributed by atoms with Crippen LogP contribution in [0, 0.1) is 11.8 Å². The average Bonchev–Trinajstić information content (AvgIpc) is 2.71. The molecule has 1 aromatic rings. The van der Waals surface area contributed by atoms with Gasteiger partial charge >= 0.3 is 0 Å². The molecule has 0 heterocycles. The van der Waals surface area contributed by atoms with E-state index in [4.69, 9.17) is 0 Å². The maximum absolute atomic E-state index is 12.9. The number of amides is 1. The van der Waals surface area contributed by atoms with E-state index < -0.39 is 0 Å². The molecule has 0 radical (unpaired) electrons. The van der Waals surface area contributed by atoms with Crippen molar-refractivity contribution in [1.82, 2.24) is 5.32 Å². The van der Waals surface area contributed by atoms with E-state index in [2.05, 4.69) is 38.2 Å². The van der Waals surface area contributed by atoms with Crippen molar-refractivity contribution in [3.8, 4) is 0 Å². The van der Waals surface area contributed by atoms with Gasteiger partial charge < -0.3 is 5.32 Å². The van der Waals surface area contributed by atoms with Crippen LogP contribution in [0.25, 0.3) is 0 Å². The van der Waals surface area contributed by atoms with E-state index in [1.54, 1.807) is 6.08 Å². The Bertz CT molecular complexity index is 621. The maximum Gasteiger partial charge on any atom is 0.227 e. The first-order valence-electron chi connectivity index (χ1n) is 11.5. The second kappa shape index (κ2) is 15.0. The molecule has 3 heteroatoms. The van der Waals surface area contributed by atoms with Gasteiger partial charge in [0.2, 0.25) is 5.91 Å². The number of allylic oxidation sites excluding steroid dienone is 2. The number of carbonyl (C=O) groups is 2. The van der Waals surface area contributed by atoms with Gasteiger partial charge in [0.25, 0.3) is 0 Å². The van der Waals surface area contributed by atoms with Gasteiger partial charge in [-0.15, -0.1) is 0 Å². The van der Waals surface area contributed by atoms with Gasteiger partial charge in [0.05, 0.1) is 0 Å². The summed E-state index contributed by atoms with van der Waals surface area (Å²) in [5.74, 6) is 0.315. The number of hydrogen-bond donors (Lipinski definition) is 1. The highest BCUT2D eigenvalue weighted by molar-refractivity contribution is 5.91. The van der Waals surface area contributed by atoms with Crippen molar-refractivity contribution in [1.29, 1.82) is 0 Å². The molecule has 29 heavy (non-hydrogen) atoms. The van der Waals surface area contributed by atoms with Gasteiger partial charge in [-0.3, -0.25) is 9.59 Å². The van der Waals surface area contributed by atoms with E-state index in [0.717, 1.165) is 25.7 Å². The van der Waals surface area contributed by atoms with Crippen LogP contribution < -0.4 is 5.32 Å². The largest absolute Gasteiger partial charge is 0.330 e. The smallest absolute Gasteiger partial charge is 0.227 e. The van der Waals surface area contributed by atoms with E-state index in [-0.39, 0.29) is 23.5 Å². The average molecular weight is 400 g/mol. The van der Waals surface area contributed by atoms with Crippen molar-refractivity contribution in [2.24, 2.45) is 11.8 Å². The summed E-state index contributed by atoms with van der Waals surface area (Å²) in [7, 11) is 0. The lowest BCUT2D eigenvalue weighted by atomic mass is 9.85. The summed E-state index contributed by atoms with van der Waals surface area (Å²) < 4.78 is 0. The first kappa shape index (κ1) is 25.1. The van der Waals surface area contributed by atoms with Crippen LogP contribution >= 0.6 is 0 Å². The molecule has 3 nitrogen and oxygen atoms in total. The summed E-state index contributed by atoms with van der Waals surface area (Å²) in [5, 5.41) is 2.97. The second-order valence-corrected chi connectivity index (χ2v) is 8.34. The first-order chi connectivity index (χ1) is 14.0. The Morgan fingerprint density at radius 2 is 1.59 bits per heavy atom. The molecular weight excluding hydrogens is 358 g/mol. The van der Waals surface area contributed by atoms with E-state index in [1.165, 1.54) is 37.7 Å². The summed E-state index contributed by atoms with van der Waals surface area (Å²) >= 11 is 0. The third kappa shape index (κ3) is 11.0. The molecule has 1 rings (SSSR count). The van der Waals surface area contributed by atoms with Crippen LogP contribution in [-0.2, 0) is 16.0 Å². The lowest BCUT2D eigenvalue weighted by Crippen LogP contribution is -2.34. The molecule has 1 amide bonds. The minimum Gasteiger partial charge on any atom is -0.330 e. The zero-order valence-corrected chi connectivity index (χ0v) is 19.0. The summed E-state index contributed by atoms with van der Waals surface area (Å²) in [5.41, 5.74) is 1.83. The molecule has 0 fully saturated rings. The molecule has 0 spiro atoms. The first-order valence-corrected chi connectivity index (χ1v) is 11.5. The molecule has 1 N–H and O–H groups in total. The Morgan fingerprint density at radius 1 is 0.966 bits per heavy atom. The van der Waals surface area contributed by atoms with Crippen molar-refractivity contribution < 1.29 is 9.59 Å². The lowest BCUT2D eigenvalue weighted by molar-refractivity contribution is -0.125. The standard InChI is InChI=1S/C26H41NO2/c1-5-7-8-9-10-11-15-18-24(28)19-22(4)27-26(29)25(21(3)6-2)20-23-16-13-12-14-17-23/h12-14,16-17,19,21,25H,5-11,15,18,20H2,1-4H3,(H,27,29)/b22-19-. The highest BCUT2D eigenvalue weighted by atomic mass is 16.2. The van der Waals surface area contributed by atoms with Gasteiger partial charge in [0.15, 0.2) is 5.78 Å². The van der Waals surface area contributed by atoms with Crippen LogP contribution in [0.3, 0.4) is 0 Å². The lowest BCUT2D eigenvalue weighted by Gasteiger charge is -2.22. The number of hydrogen-bond acceptors (Lipinski definition) is 2. The van der Waals surface area contributed by atoms with Crippen LogP contribution in [0.15, 0.2) is 42.1 Å². The fraction of sp³-hybridized carbons (Fsp3) is 0.615. The highest BCUT2D eigenvalue weighted by Gasteiger charge is 2.24. The predicted molar refractivity (Wildman–Crippen MR) is 123 cm³/mol. The van der Waals surface area contributed by atoms with Crippen molar-refractivity contribution in [3.63, 3.8) is 0 Å². The van der Waals surface area contributed by atoms with E-state index >= 15 is 0 Å². The van der Waals surface area contributed by atoms with Gasteiger partial charge in [-0.25, -0.2) is 0 Å². The Hall–Kier alpha value is -1.90. The Labute approximate surface area is 178 Å². The highest BCUT2D eigenvalue weighted by Crippen LogP contribution is 2.21. The van der Waals surface area contributed by atoms with Crippen LogP contribution in [0.1, 0.15) is 91.0 Å². The van der Waals surface area contributed by atoms with Gasteiger partial charge in [-0.05, 0) is 31.2 Å².